The summed E-state index contributed by atoms with van der Waals surface area (Å²) < 4.78 is 0. The van der Waals surface area contributed by atoms with Gasteiger partial charge in [-0.25, -0.2) is 0 Å². The van der Waals surface area contributed by atoms with Crippen molar-refractivity contribution >= 4 is 11.3 Å². The molecule has 0 unspecified atom stereocenters. The first-order valence-electron chi connectivity index (χ1n) is 3.81. The zero-order chi connectivity index (χ0) is 7.94. The molecule has 1 rings (SSSR count). The van der Waals surface area contributed by atoms with E-state index in [2.05, 4.69) is 29.7 Å². The van der Waals surface area contributed by atoms with Crippen molar-refractivity contribution in [3.05, 3.63) is 34.5 Å². The lowest BCUT2D eigenvalue weighted by Crippen LogP contribution is -1.95. The molecule has 2 heteroatoms. The molecule has 0 bridgehead atoms. The minimum atomic E-state index is 0.751. The average Bonchev–Trinajstić information content (AvgIpc) is 2.50. The van der Waals surface area contributed by atoms with Crippen LogP contribution in [0.1, 0.15) is 11.3 Å². The predicted octanol–water partition coefficient (Wildman–Crippen LogP) is 2.20. The first-order valence-corrected chi connectivity index (χ1v) is 4.69. The van der Waals surface area contributed by atoms with E-state index in [0.717, 1.165) is 19.4 Å². The van der Waals surface area contributed by atoms with Gasteiger partial charge in [0, 0.05) is 4.88 Å². The maximum absolute atomic E-state index is 5.34. The van der Waals surface area contributed by atoms with Gasteiger partial charge in [0.1, 0.15) is 0 Å². The van der Waals surface area contributed by atoms with Crippen molar-refractivity contribution in [1.29, 1.82) is 0 Å². The zero-order valence-corrected chi connectivity index (χ0v) is 7.31. The van der Waals surface area contributed by atoms with Gasteiger partial charge < -0.3 is 5.73 Å². The molecule has 1 nitrogen and oxygen atoms in total. The Morgan fingerprint density at radius 2 is 2.36 bits per heavy atom. The summed E-state index contributed by atoms with van der Waals surface area (Å²) in [4.78, 5) is 1.42. The molecule has 1 heterocycles. The van der Waals surface area contributed by atoms with Crippen LogP contribution in [0.5, 0.6) is 0 Å². The molecule has 0 saturated heterocycles. The second-order valence-electron chi connectivity index (χ2n) is 2.33. The Morgan fingerprint density at radius 3 is 3.00 bits per heavy atom. The van der Waals surface area contributed by atoms with Crippen molar-refractivity contribution in [2.75, 3.05) is 6.54 Å². The summed E-state index contributed by atoms with van der Waals surface area (Å²) >= 11 is 1.80. The highest BCUT2D eigenvalue weighted by molar-refractivity contribution is 7.09. The van der Waals surface area contributed by atoms with E-state index in [1.807, 2.05) is 0 Å². The van der Waals surface area contributed by atoms with Gasteiger partial charge in [-0.05, 0) is 30.8 Å². The largest absolute Gasteiger partial charge is 0.330 e. The van der Waals surface area contributed by atoms with Crippen LogP contribution < -0.4 is 5.73 Å². The van der Waals surface area contributed by atoms with Crippen molar-refractivity contribution in [2.24, 2.45) is 5.73 Å². The Balaban J connectivity index is 2.23. The highest BCUT2D eigenvalue weighted by Gasteiger charge is 1.86. The van der Waals surface area contributed by atoms with E-state index in [1.165, 1.54) is 4.88 Å². The molecule has 0 radical (unpaired) electrons. The molecule has 60 valence electrons. The third-order valence-corrected chi connectivity index (χ3v) is 2.30. The SMILES string of the molecule is NCCC=CCc1cccs1. The Morgan fingerprint density at radius 1 is 1.45 bits per heavy atom. The van der Waals surface area contributed by atoms with Crippen LogP contribution >= 0.6 is 11.3 Å². The molecule has 0 aliphatic carbocycles. The number of nitrogens with two attached hydrogens (primary N) is 1. The average molecular weight is 167 g/mol. The Hall–Kier alpha value is -0.600. The summed E-state index contributed by atoms with van der Waals surface area (Å²) in [5.74, 6) is 0. The molecular formula is C9H13NS. The summed E-state index contributed by atoms with van der Waals surface area (Å²) in [6, 6.07) is 4.23. The maximum Gasteiger partial charge on any atom is 0.00828 e. The summed E-state index contributed by atoms with van der Waals surface area (Å²) in [7, 11) is 0. The second-order valence-corrected chi connectivity index (χ2v) is 3.36. The lowest BCUT2D eigenvalue weighted by molar-refractivity contribution is 1.00. The van der Waals surface area contributed by atoms with Crippen LogP contribution in [0.4, 0.5) is 0 Å². The van der Waals surface area contributed by atoms with Crippen LogP contribution in [0.3, 0.4) is 0 Å². The number of hydrogen-bond acceptors (Lipinski definition) is 2. The van der Waals surface area contributed by atoms with Gasteiger partial charge in [0.2, 0.25) is 0 Å². The normalized spacial score (nSPS) is 11.0. The van der Waals surface area contributed by atoms with Crippen molar-refractivity contribution in [3.63, 3.8) is 0 Å². The van der Waals surface area contributed by atoms with E-state index in [-0.39, 0.29) is 0 Å². The molecule has 0 aliphatic rings. The number of hydrogen-bond donors (Lipinski definition) is 1. The monoisotopic (exact) mass is 167 g/mol. The first kappa shape index (κ1) is 8.50. The predicted molar refractivity (Wildman–Crippen MR) is 50.8 cm³/mol. The molecule has 11 heavy (non-hydrogen) atoms. The summed E-state index contributed by atoms with van der Waals surface area (Å²) in [5, 5.41) is 2.10. The standard InChI is InChI=1S/C9H13NS/c10-7-3-1-2-5-9-6-4-8-11-9/h1-2,4,6,8H,3,5,7,10H2. The van der Waals surface area contributed by atoms with E-state index in [0.29, 0.717) is 0 Å². The van der Waals surface area contributed by atoms with Gasteiger partial charge in [-0.3, -0.25) is 0 Å². The van der Waals surface area contributed by atoms with E-state index in [4.69, 9.17) is 5.73 Å². The van der Waals surface area contributed by atoms with Gasteiger partial charge in [0.25, 0.3) is 0 Å². The van der Waals surface area contributed by atoms with Gasteiger partial charge in [0.05, 0.1) is 0 Å². The van der Waals surface area contributed by atoms with Gasteiger partial charge in [-0.15, -0.1) is 11.3 Å². The molecule has 2 N–H and O–H groups in total. The zero-order valence-electron chi connectivity index (χ0n) is 6.49. The quantitative estimate of drug-likeness (QED) is 0.683. The highest BCUT2D eigenvalue weighted by Crippen LogP contribution is 2.09. The number of thiophene rings is 1. The van der Waals surface area contributed by atoms with Crippen molar-refractivity contribution in [3.8, 4) is 0 Å². The summed E-state index contributed by atoms with van der Waals surface area (Å²) in [6.07, 6.45) is 6.36. The number of rotatable bonds is 4. The van der Waals surface area contributed by atoms with Gasteiger partial charge in [-0.2, -0.15) is 0 Å². The topological polar surface area (TPSA) is 26.0 Å². The van der Waals surface area contributed by atoms with E-state index in [9.17, 15) is 0 Å². The van der Waals surface area contributed by atoms with Crippen LogP contribution in [-0.4, -0.2) is 6.54 Å². The van der Waals surface area contributed by atoms with Crippen LogP contribution in [0.2, 0.25) is 0 Å². The fraction of sp³-hybridized carbons (Fsp3) is 0.333. The van der Waals surface area contributed by atoms with E-state index in [1.54, 1.807) is 11.3 Å². The minimum absolute atomic E-state index is 0.751. The van der Waals surface area contributed by atoms with Crippen molar-refractivity contribution < 1.29 is 0 Å². The molecule has 0 aliphatic heterocycles. The Bertz CT molecular complexity index is 201. The molecule has 0 fully saturated rings. The van der Waals surface area contributed by atoms with Crippen LogP contribution in [-0.2, 0) is 6.42 Å². The lowest BCUT2D eigenvalue weighted by Gasteiger charge is -1.87. The molecule has 0 amide bonds. The second kappa shape index (κ2) is 5.10. The van der Waals surface area contributed by atoms with Gasteiger partial charge in [-0.1, -0.05) is 18.2 Å². The Labute approximate surface area is 71.5 Å². The van der Waals surface area contributed by atoms with Crippen LogP contribution in [0, 0.1) is 0 Å². The maximum atomic E-state index is 5.34. The van der Waals surface area contributed by atoms with E-state index < -0.39 is 0 Å². The Kier molecular flexibility index (Phi) is 3.94. The molecular weight excluding hydrogens is 154 g/mol. The smallest absolute Gasteiger partial charge is 0.00828 e. The third kappa shape index (κ3) is 3.35. The molecule has 1 aromatic heterocycles. The number of allylic oxidation sites excluding steroid dienone is 1. The third-order valence-electron chi connectivity index (χ3n) is 1.40. The summed E-state index contributed by atoms with van der Waals surface area (Å²) in [6.45, 7) is 0.751. The van der Waals surface area contributed by atoms with Gasteiger partial charge >= 0.3 is 0 Å². The fourth-order valence-corrected chi connectivity index (χ4v) is 1.52. The van der Waals surface area contributed by atoms with Crippen LogP contribution in [0.15, 0.2) is 29.7 Å². The molecule has 1 aromatic rings. The van der Waals surface area contributed by atoms with E-state index >= 15 is 0 Å². The molecule has 0 atom stereocenters. The van der Waals surface area contributed by atoms with Crippen molar-refractivity contribution in [2.45, 2.75) is 12.8 Å². The molecule has 0 spiro atoms. The molecule has 0 aromatic carbocycles. The first-order chi connectivity index (χ1) is 5.43. The van der Waals surface area contributed by atoms with Crippen molar-refractivity contribution in [1.82, 2.24) is 0 Å². The molecule has 0 saturated carbocycles. The van der Waals surface area contributed by atoms with Crippen LogP contribution in [0.25, 0.3) is 0 Å². The summed E-state index contributed by atoms with van der Waals surface area (Å²) in [5.41, 5.74) is 5.34. The fourth-order valence-electron chi connectivity index (χ4n) is 0.842. The highest BCUT2D eigenvalue weighted by atomic mass is 32.1. The minimum Gasteiger partial charge on any atom is -0.330 e. The lowest BCUT2D eigenvalue weighted by atomic mass is 10.3. The van der Waals surface area contributed by atoms with Gasteiger partial charge in [0.15, 0.2) is 0 Å².